The van der Waals surface area contributed by atoms with Crippen LogP contribution < -0.4 is 5.32 Å². The highest BCUT2D eigenvalue weighted by molar-refractivity contribution is 5.18. The first-order valence-electron chi connectivity index (χ1n) is 8.14. The number of hydrogen-bond donors (Lipinski definition) is 1. The van der Waals surface area contributed by atoms with E-state index in [2.05, 4.69) is 61.6 Å². The van der Waals surface area contributed by atoms with Gasteiger partial charge in [0.1, 0.15) is 0 Å². The number of nitrogens with zero attached hydrogens (tertiary/aromatic N) is 1. The molecule has 1 fully saturated rings. The number of likely N-dealkylation sites (N-methyl/N-ethyl adjacent to an activating group) is 1. The molecule has 2 nitrogen and oxygen atoms in total. The van der Waals surface area contributed by atoms with Gasteiger partial charge < -0.3 is 10.2 Å². The Morgan fingerprint density at radius 3 is 2.30 bits per heavy atom. The van der Waals surface area contributed by atoms with Crippen molar-refractivity contribution < 1.29 is 0 Å². The van der Waals surface area contributed by atoms with Gasteiger partial charge in [-0.3, -0.25) is 0 Å². The highest BCUT2D eigenvalue weighted by Gasteiger charge is 2.34. The number of rotatable bonds is 6. The molecule has 20 heavy (non-hydrogen) atoms. The summed E-state index contributed by atoms with van der Waals surface area (Å²) in [5.74, 6) is 0. The summed E-state index contributed by atoms with van der Waals surface area (Å²) in [4.78, 5) is 2.46. The molecule has 0 aromatic heterocycles. The summed E-state index contributed by atoms with van der Waals surface area (Å²) >= 11 is 0. The fourth-order valence-corrected chi connectivity index (χ4v) is 3.49. The molecule has 0 heterocycles. The van der Waals surface area contributed by atoms with Crippen LogP contribution in [-0.2, 0) is 0 Å². The zero-order valence-corrected chi connectivity index (χ0v) is 13.4. The van der Waals surface area contributed by atoms with Crippen molar-refractivity contribution in [1.29, 1.82) is 0 Å². The van der Waals surface area contributed by atoms with Gasteiger partial charge in [0.25, 0.3) is 0 Å². The Labute approximate surface area is 124 Å². The van der Waals surface area contributed by atoms with E-state index in [1.54, 1.807) is 0 Å². The lowest BCUT2D eigenvalue weighted by atomic mass is 9.80. The van der Waals surface area contributed by atoms with Gasteiger partial charge in [-0.2, -0.15) is 0 Å². The van der Waals surface area contributed by atoms with Gasteiger partial charge in [-0.05, 0) is 38.9 Å². The minimum absolute atomic E-state index is 0.362. The largest absolute Gasteiger partial charge is 0.308 e. The van der Waals surface area contributed by atoms with Gasteiger partial charge in [0, 0.05) is 18.1 Å². The van der Waals surface area contributed by atoms with Crippen LogP contribution in [0.5, 0.6) is 0 Å². The molecule has 1 saturated carbocycles. The van der Waals surface area contributed by atoms with Gasteiger partial charge in [-0.25, -0.2) is 0 Å². The van der Waals surface area contributed by atoms with E-state index in [0.717, 1.165) is 13.0 Å². The van der Waals surface area contributed by atoms with E-state index in [1.165, 1.54) is 37.7 Å². The van der Waals surface area contributed by atoms with Gasteiger partial charge in [-0.1, -0.05) is 56.5 Å². The molecule has 0 spiro atoms. The van der Waals surface area contributed by atoms with Crippen LogP contribution in [0.15, 0.2) is 30.3 Å². The Balaban J connectivity index is 2.01. The summed E-state index contributed by atoms with van der Waals surface area (Å²) in [6.07, 6.45) is 7.97. The molecule has 1 atom stereocenters. The van der Waals surface area contributed by atoms with Crippen LogP contribution in [0.2, 0.25) is 0 Å². The van der Waals surface area contributed by atoms with E-state index in [-0.39, 0.29) is 0 Å². The predicted molar refractivity (Wildman–Crippen MR) is 87.0 cm³/mol. The van der Waals surface area contributed by atoms with E-state index in [4.69, 9.17) is 0 Å². The van der Waals surface area contributed by atoms with Crippen molar-refractivity contribution in [2.24, 2.45) is 0 Å². The number of nitrogens with one attached hydrogen (secondary N) is 1. The SMILES string of the molecule is CCC(NCC1(N(C)C)CCCCC1)c1ccccc1. The molecule has 1 aromatic carbocycles. The Morgan fingerprint density at radius 2 is 1.75 bits per heavy atom. The normalized spacial score (nSPS) is 20.0. The minimum atomic E-state index is 0.362. The molecule has 1 N–H and O–H groups in total. The second kappa shape index (κ2) is 7.24. The van der Waals surface area contributed by atoms with Crippen molar-refractivity contribution in [1.82, 2.24) is 10.2 Å². The Morgan fingerprint density at radius 1 is 1.10 bits per heavy atom. The smallest absolute Gasteiger partial charge is 0.0328 e. The highest BCUT2D eigenvalue weighted by atomic mass is 15.2. The summed E-state index contributed by atoms with van der Waals surface area (Å²) in [7, 11) is 4.49. The van der Waals surface area contributed by atoms with Crippen LogP contribution in [0, 0.1) is 0 Å². The number of hydrogen-bond acceptors (Lipinski definition) is 2. The number of benzene rings is 1. The third-order valence-electron chi connectivity index (χ3n) is 5.02. The summed E-state index contributed by atoms with van der Waals surface area (Å²) < 4.78 is 0. The molecule has 1 unspecified atom stereocenters. The first kappa shape index (κ1) is 15.5. The van der Waals surface area contributed by atoms with Crippen molar-refractivity contribution in [3.8, 4) is 0 Å². The third kappa shape index (κ3) is 3.62. The van der Waals surface area contributed by atoms with E-state index in [9.17, 15) is 0 Å². The van der Waals surface area contributed by atoms with Gasteiger partial charge in [0.15, 0.2) is 0 Å². The third-order valence-corrected chi connectivity index (χ3v) is 5.02. The van der Waals surface area contributed by atoms with Crippen molar-refractivity contribution in [3.05, 3.63) is 35.9 Å². The second-order valence-electron chi connectivity index (χ2n) is 6.43. The molecule has 1 aromatic rings. The van der Waals surface area contributed by atoms with Crippen molar-refractivity contribution in [2.75, 3.05) is 20.6 Å². The zero-order valence-electron chi connectivity index (χ0n) is 13.4. The summed E-state index contributed by atoms with van der Waals surface area (Å²) in [5.41, 5.74) is 1.78. The summed E-state index contributed by atoms with van der Waals surface area (Å²) in [6.45, 7) is 3.38. The average molecular weight is 274 g/mol. The van der Waals surface area contributed by atoms with Crippen LogP contribution in [0.4, 0.5) is 0 Å². The maximum atomic E-state index is 3.84. The van der Waals surface area contributed by atoms with E-state index >= 15 is 0 Å². The Bertz CT molecular complexity index is 380. The van der Waals surface area contributed by atoms with E-state index in [1.807, 2.05) is 0 Å². The lowest BCUT2D eigenvalue weighted by Gasteiger charge is -2.44. The van der Waals surface area contributed by atoms with E-state index < -0.39 is 0 Å². The minimum Gasteiger partial charge on any atom is -0.308 e. The summed E-state index contributed by atoms with van der Waals surface area (Å²) in [5, 5.41) is 3.84. The lowest BCUT2D eigenvalue weighted by Crippen LogP contribution is -2.53. The van der Waals surface area contributed by atoms with Crippen LogP contribution in [0.3, 0.4) is 0 Å². The van der Waals surface area contributed by atoms with Gasteiger partial charge in [0.2, 0.25) is 0 Å². The summed E-state index contributed by atoms with van der Waals surface area (Å²) in [6, 6.07) is 11.3. The first-order valence-corrected chi connectivity index (χ1v) is 8.14. The second-order valence-corrected chi connectivity index (χ2v) is 6.43. The van der Waals surface area contributed by atoms with Crippen molar-refractivity contribution >= 4 is 0 Å². The molecule has 1 aliphatic carbocycles. The van der Waals surface area contributed by atoms with Crippen LogP contribution >= 0.6 is 0 Å². The maximum absolute atomic E-state index is 3.84. The Kier molecular flexibility index (Phi) is 5.62. The molecule has 1 aliphatic rings. The molecule has 0 aliphatic heterocycles. The highest BCUT2D eigenvalue weighted by Crippen LogP contribution is 2.32. The molecule has 112 valence electrons. The molecular weight excluding hydrogens is 244 g/mol. The van der Waals surface area contributed by atoms with Crippen molar-refractivity contribution in [3.63, 3.8) is 0 Å². The molecule has 0 saturated heterocycles. The molecule has 2 heteroatoms. The molecular formula is C18H30N2. The van der Waals surface area contributed by atoms with Crippen LogP contribution in [0.1, 0.15) is 57.1 Å². The topological polar surface area (TPSA) is 15.3 Å². The molecule has 0 bridgehead atoms. The van der Waals surface area contributed by atoms with Gasteiger partial charge in [0.05, 0.1) is 0 Å². The molecule has 2 rings (SSSR count). The zero-order chi connectivity index (χ0) is 14.4. The first-order chi connectivity index (χ1) is 9.68. The standard InChI is InChI=1S/C18H30N2/c1-4-17(16-11-7-5-8-12-16)19-15-18(20(2)3)13-9-6-10-14-18/h5,7-8,11-12,17,19H,4,6,9-10,13-15H2,1-3H3. The molecule has 0 radical (unpaired) electrons. The average Bonchev–Trinajstić information content (AvgIpc) is 2.50. The fourth-order valence-electron chi connectivity index (χ4n) is 3.49. The van der Waals surface area contributed by atoms with Crippen molar-refractivity contribution in [2.45, 2.75) is 57.0 Å². The molecule has 0 amide bonds. The Hall–Kier alpha value is -0.860. The van der Waals surface area contributed by atoms with Crippen LogP contribution in [0.25, 0.3) is 0 Å². The van der Waals surface area contributed by atoms with E-state index in [0.29, 0.717) is 11.6 Å². The fraction of sp³-hybridized carbons (Fsp3) is 0.667. The maximum Gasteiger partial charge on any atom is 0.0328 e. The van der Waals surface area contributed by atoms with Gasteiger partial charge in [-0.15, -0.1) is 0 Å². The predicted octanol–water partition coefficient (Wildman–Crippen LogP) is 3.99. The monoisotopic (exact) mass is 274 g/mol. The van der Waals surface area contributed by atoms with Crippen LogP contribution in [-0.4, -0.2) is 31.1 Å². The van der Waals surface area contributed by atoms with Gasteiger partial charge >= 0.3 is 0 Å². The lowest BCUT2D eigenvalue weighted by molar-refractivity contribution is 0.0949. The quantitative estimate of drug-likeness (QED) is 0.843.